The largest absolute Gasteiger partial charge is 0.508 e. The molecule has 0 atom stereocenters. The molecule has 0 aliphatic carbocycles. The average Bonchev–Trinajstić information content (AvgIpc) is 2.53. The number of methoxy groups -OCH3 is 3. The summed E-state index contributed by atoms with van der Waals surface area (Å²) in [5, 5.41) is 12.0. The van der Waals surface area contributed by atoms with Crippen molar-refractivity contribution in [1.29, 1.82) is 0 Å². The molecular formula is C17H22O4Si. The van der Waals surface area contributed by atoms with Crippen LogP contribution in [0.2, 0.25) is 13.1 Å². The molecule has 0 aliphatic rings. The second-order valence-corrected chi connectivity index (χ2v) is 9.99. The van der Waals surface area contributed by atoms with Gasteiger partial charge in [-0.15, -0.1) is 0 Å². The third kappa shape index (κ3) is 2.90. The molecule has 0 amide bonds. The van der Waals surface area contributed by atoms with Crippen LogP contribution in [0.4, 0.5) is 0 Å². The van der Waals surface area contributed by atoms with Gasteiger partial charge < -0.3 is 19.3 Å². The predicted octanol–water partition coefficient (Wildman–Crippen LogP) is 2.24. The van der Waals surface area contributed by atoms with Crippen molar-refractivity contribution in [3.63, 3.8) is 0 Å². The van der Waals surface area contributed by atoms with E-state index >= 15 is 0 Å². The van der Waals surface area contributed by atoms with Gasteiger partial charge in [0.2, 0.25) is 5.75 Å². The van der Waals surface area contributed by atoms with Crippen LogP contribution in [0.1, 0.15) is 0 Å². The van der Waals surface area contributed by atoms with Crippen molar-refractivity contribution in [2.75, 3.05) is 21.3 Å². The molecular weight excluding hydrogens is 296 g/mol. The summed E-state index contributed by atoms with van der Waals surface area (Å²) in [7, 11) is 2.83. The summed E-state index contributed by atoms with van der Waals surface area (Å²) >= 11 is 0. The molecule has 0 saturated heterocycles. The van der Waals surface area contributed by atoms with Crippen molar-refractivity contribution in [3.8, 4) is 23.0 Å². The Morgan fingerprint density at radius 2 is 1.41 bits per heavy atom. The summed E-state index contributed by atoms with van der Waals surface area (Å²) in [6.07, 6.45) is 0. The maximum atomic E-state index is 9.76. The molecule has 0 fully saturated rings. The predicted molar refractivity (Wildman–Crippen MR) is 91.0 cm³/mol. The third-order valence-corrected chi connectivity index (χ3v) is 7.44. The average molecular weight is 318 g/mol. The highest BCUT2D eigenvalue weighted by Gasteiger charge is 2.29. The van der Waals surface area contributed by atoms with Crippen molar-refractivity contribution in [2.24, 2.45) is 0 Å². The summed E-state index contributed by atoms with van der Waals surface area (Å²) in [6.45, 7) is 4.45. The molecule has 5 heteroatoms. The van der Waals surface area contributed by atoms with Crippen LogP contribution in [0.15, 0.2) is 36.4 Å². The molecule has 4 nitrogen and oxygen atoms in total. The Balaban J connectivity index is 2.60. The van der Waals surface area contributed by atoms with E-state index in [4.69, 9.17) is 14.2 Å². The lowest BCUT2D eigenvalue weighted by Crippen LogP contribution is -2.52. The highest BCUT2D eigenvalue weighted by Crippen LogP contribution is 2.36. The monoisotopic (exact) mass is 318 g/mol. The first-order valence-corrected chi connectivity index (χ1v) is 10.0. The van der Waals surface area contributed by atoms with Crippen LogP contribution >= 0.6 is 0 Å². The molecule has 0 aliphatic heterocycles. The molecule has 0 bridgehead atoms. The second-order valence-electron chi connectivity index (χ2n) is 5.59. The topological polar surface area (TPSA) is 47.9 Å². The van der Waals surface area contributed by atoms with E-state index in [1.54, 1.807) is 27.4 Å². The zero-order chi connectivity index (χ0) is 16.3. The molecule has 1 N–H and O–H groups in total. The van der Waals surface area contributed by atoms with E-state index < -0.39 is 8.07 Å². The molecule has 22 heavy (non-hydrogen) atoms. The smallest absolute Gasteiger partial charge is 0.203 e. The normalized spacial score (nSPS) is 11.1. The second kappa shape index (κ2) is 6.32. The van der Waals surface area contributed by atoms with Crippen LogP contribution in [0.5, 0.6) is 23.0 Å². The van der Waals surface area contributed by atoms with E-state index in [0.29, 0.717) is 17.2 Å². The van der Waals surface area contributed by atoms with Crippen LogP contribution in [-0.4, -0.2) is 34.5 Å². The standard InChI is InChI=1S/C17H22O4Si/c1-19-15-10-14(11-16(20-2)17(15)21-3)22(4,5)13-8-6-7-12(18)9-13/h6-11,18H,1-5H3. The van der Waals surface area contributed by atoms with Gasteiger partial charge in [-0.1, -0.05) is 30.4 Å². The summed E-state index contributed by atoms with van der Waals surface area (Å²) < 4.78 is 16.3. The number of hydrogen-bond acceptors (Lipinski definition) is 4. The first-order valence-electron chi connectivity index (χ1n) is 7.04. The molecule has 0 heterocycles. The maximum Gasteiger partial charge on any atom is 0.203 e. The number of benzene rings is 2. The van der Waals surface area contributed by atoms with Crippen LogP contribution in [0.3, 0.4) is 0 Å². The fourth-order valence-electron chi connectivity index (χ4n) is 2.50. The minimum atomic E-state index is -1.99. The number of ether oxygens (including phenoxy) is 3. The zero-order valence-electron chi connectivity index (χ0n) is 13.6. The molecule has 118 valence electrons. The minimum Gasteiger partial charge on any atom is -0.508 e. The lowest BCUT2D eigenvalue weighted by Gasteiger charge is -2.25. The lowest BCUT2D eigenvalue weighted by atomic mass is 10.3. The molecule has 0 saturated carbocycles. The molecule has 2 rings (SSSR count). The van der Waals surface area contributed by atoms with Crippen LogP contribution in [0.25, 0.3) is 0 Å². The summed E-state index contributed by atoms with van der Waals surface area (Å²) in [5.41, 5.74) is 0. The van der Waals surface area contributed by atoms with E-state index in [1.807, 2.05) is 24.3 Å². The number of phenolic OH excluding ortho intramolecular Hbond substituents is 1. The number of rotatable bonds is 5. The number of phenols is 1. The summed E-state index contributed by atoms with van der Waals surface area (Å²) in [4.78, 5) is 0. The SMILES string of the molecule is COc1cc([Si](C)(C)c2cccc(O)c2)cc(OC)c1OC. The Bertz CT molecular complexity index is 642. The molecule has 0 unspecified atom stereocenters. The maximum absolute atomic E-state index is 9.76. The van der Waals surface area contributed by atoms with Crippen molar-refractivity contribution in [1.82, 2.24) is 0 Å². The van der Waals surface area contributed by atoms with Gasteiger partial charge in [0.1, 0.15) is 13.8 Å². The zero-order valence-corrected chi connectivity index (χ0v) is 14.6. The Labute approximate surface area is 132 Å². The van der Waals surface area contributed by atoms with E-state index in [2.05, 4.69) is 19.2 Å². The van der Waals surface area contributed by atoms with Crippen LogP contribution < -0.4 is 24.6 Å². The van der Waals surface area contributed by atoms with Gasteiger partial charge in [-0.05, 0) is 29.5 Å². The third-order valence-electron chi connectivity index (χ3n) is 3.95. The fourth-order valence-corrected chi connectivity index (χ4v) is 4.84. The van der Waals surface area contributed by atoms with Gasteiger partial charge in [0.25, 0.3) is 0 Å². The molecule has 2 aromatic rings. The van der Waals surface area contributed by atoms with Crippen molar-refractivity contribution < 1.29 is 19.3 Å². The Kier molecular flexibility index (Phi) is 4.66. The van der Waals surface area contributed by atoms with Crippen molar-refractivity contribution in [3.05, 3.63) is 36.4 Å². The van der Waals surface area contributed by atoms with Crippen molar-refractivity contribution >= 4 is 18.4 Å². The molecule has 0 radical (unpaired) electrons. The minimum absolute atomic E-state index is 0.283. The van der Waals surface area contributed by atoms with Crippen LogP contribution in [-0.2, 0) is 0 Å². The van der Waals surface area contributed by atoms with E-state index in [0.717, 1.165) is 10.4 Å². The Morgan fingerprint density at radius 3 is 1.86 bits per heavy atom. The first kappa shape index (κ1) is 16.2. The summed E-state index contributed by atoms with van der Waals surface area (Å²) in [6, 6.07) is 11.4. The fraction of sp³-hybridized carbons (Fsp3) is 0.294. The Morgan fingerprint density at radius 1 is 0.818 bits per heavy atom. The highest BCUT2D eigenvalue weighted by atomic mass is 28.3. The van der Waals surface area contributed by atoms with Gasteiger partial charge in [-0.25, -0.2) is 0 Å². The van der Waals surface area contributed by atoms with Gasteiger partial charge in [0.05, 0.1) is 21.3 Å². The quantitative estimate of drug-likeness (QED) is 0.859. The molecule has 0 spiro atoms. The molecule has 0 aromatic heterocycles. The van der Waals surface area contributed by atoms with Crippen LogP contribution in [0, 0.1) is 0 Å². The Hall–Kier alpha value is -2.14. The van der Waals surface area contributed by atoms with E-state index in [9.17, 15) is 5.11 Å². The number of hydrogen-bond donors (Lipinski definition) is 1. The van der Waals surface area contributed by atoms with Gasteiger partial charge in [0, 0.05) is 0 Å². The lowest BCUT2D eigenvalue weighted by molar-refractivity contribution is 0.325. The van der Waals surface area contributed by atoms with Gasteiger partial charge >= 0.3 is 0 Å². The first-order chi connectivity index (χ1) is 10.4. The number of aromatic hydroxyl groups is 1. The highest BCUT2D eigenvalue weighted by molar-refractivity contribution is 7.00. The summed E-state index contributed by atoms with van der Waals surface area (Å²) in [5.74, 6) is 2.18. The van der Waals surface area contributed by atoms with Gasteiger partial charge in [-0.3, -0.25) is 0 Å². The van der Waals surface area contributed by atoms with E-state index in [1.165, 1.54) is 0 Å². The van der Waals surface area contributed by atoms with Gasteiger partial charge in [-0.2, -0.15) is 0 Å². The van der Waals surface area contributed by atoms with Gasteiger partial charge in [0.15, 0.2) is 11.5 Å². The molecule has 2 aromatic carbocycles. The van der Waals surface area contributed by atoms with E-state index in [-0.39, 0.29) is 5.75 Å². The van der Waals surface area contributed by atoms with Crippen molar-refractivity contribution in [2.45, 2.75) is 13.1 Å².